The van der Waals surface area contributed by atoms with Gasteiger partial charge in [-0.1, -0.05) is 43.5 Å². The third-order valence-corrected chi connectivity index (χ3v) is 5.09. The van der Waals surface area contributed by atoms with Crippen LogP contribution >= 0.6 is 11.6 Å². The van der Waals surface area contributed by atoms with E-state index in [1.165, 1.54) is 42.4 Å². The Bertz CT molecular complexity index is 389. The molecule has 1 aliphatic rings. The molecule has 1 unspecified atom stereocenters. The first-order chi connectivity index (χ1) is 8.01. The van der Waals surface area contributed by atoms with E-state index in [0.29, 0.717) is 5.41 Å². The molecule has 0 heterocycles. The summed E-state index contributed by atoms with van der Waals surface area (Å²) in [5.41, 5.74) is 4.50. The van der Waals surface area contributed by atoms with Crippen molar-refractivity contribution < 1.29 is 0 Å². The molecule has 1 heteroatoms. The third-order valence-electron chi connectivity index (χ3n) is 4.41. The van der Waals surface area contributed by atoms with E-state index in [4.69, 9.17) is 11.6 Å². The molecule has 1 aromatic carbocycles. The number of benzene rings is 1. The van der Waals surface area contributed by atoms with Crippen molar-refractivity contribution in [2.24, 2.45) is 5.41 Å². The van der Waals surface area contributed by atoms with E-state index in [0.717, 1.165) is 6.42 Å². The molecule has 1 atom stereocenters. The van der Waals surface area contributed by atoms with Gasteiger partial charge in [0, 0.05) is 5.38 Å². The molecule has 1 fully saturated rings. The zero-order valence-electron chi connectivity index (χ0n) is 11.2. The van der Waals surface area contributed by atoms with Crippen molar-refractivity contribution in [3.8, 4) is 0 Å². The lowest BCUT2D eigenvalue weighted by Gasteiger charge is -2.30. The molecular formula is C16H23Cl. The van der Waals surface area contributed by atoms with Crippen LogP contribution in [0.5, 0.6) is 0 Å². The molecule has 0 radical (unpaired) electrons. The molecule has 1 saturated carbocycles. The smallest absolute Gasteiger partial charge is 0.0430 e. The molecule has 0 aromatic heterocycles. The largest absolute Gasteiger partial charge is 0.122 e. The maximum Gasteiger partial charge on any atom is 0.0430 e. The lowest BCUT2D eigenvalue weighted by molar-refractivity contribution is 0.316. The predicted octanol–water partition coefficient (Wildman–Crippen LogP) is 5.03. The molecule has 1 aliphatic carbocycles. The highest BCUT2D eigenvalue weighted by atomic mass is 35.5. The van der Waals surface area contributed by atoms with Crippen LogP contribution in [0.25, 0.3) is 0 Å². The van der Waals surface area contributed by atoms with Crippen molar-refractivity contribution in [2.75, 3.05) is 0 Å². The maximum absolute atomic E-state index is 6.69. The molecule has 17 heavy (non-hydrogen) atoms. The third kappa shape index (κ3) is 2.85. The standard InChI is InChI=1S/C16H23Cl/c1-12-6-7-13(2)14(10-12)11-15(17)16(3)8-4-5-9-16/h6-7,10,15H,4-5,8-9,11H2,1-3H3. The quantitative estimate of drug-likeness (QED) is 0.660. The Morgan fingerprint density at radius 1 is 1.24 bits per heavy atom. The Morgan fingerprint density at radius 3 is 2.53 bits per heavy atom. The van der Waals surface area contributed by atoms with Gasteiger partial charge in [-0.25, -0.2) is 0 Å². The number of alkyl halides is 1. The van der Waals surface area contributed by atoms with Crippen LogP contribution in [0, 0.1) is 19.3 Å². The van der Waals surface area contributed by atoms with Crippen LogP contribution in [0.3, 0.4) is 0 Å². The summed E-state index contributed by atoms with van der Waals surface area (Å²) in [7, 11) is 0. The van der Waals surface area contributed by atoms with Gasteiger partial charge in [0.1, 0.15) is 0 Å². The van der Waals surface area contributed by atoms with Crippen molar-refractivity contribution in [3.63, 3.8) is 0 Å². The summed E-state index contributed by atoms with van der Waals surface area (Å²) >= 11 is 6.69. The minimum Gasteiger partial charge on any atom is -0.122 e. The number of hydrogen-bond acceptors (Lipinski definition) is 0. The summed E-state index contributed by atoms with van der Waals surface area (Å²) in [5, 5.41) is 0.283. The van der Waals surface area contributed by atoms with Crippen molar-refractivity contribution in [3.05, 3.63) is 34.9 Å². The first kappa shape index (κ1) is 13.0. The maximum atomic E-state index is 6.69. The Kier molecular flexibility index (Phi) is 3.82. The summed E-state index contributed by atoms with van der Waals surface area (Å²) in [6, 6.07) is 6.69. The van der Waals surface area contributed by atoms with E-state index in [1.807, 2.05) is 0 Å². The van der Waals surface area contributed by atoms with E-state index in [2.05, 4.69) is 39.0 Å². The molecule has 94 valence electrons. The van der Waals surface area contributed by atoms with Gasteiger partial charge in [-0.05, 0) is 49.7 Å². The molecule has 0 saturated heterocycles. The van der Waals surface area contributed by atoms with Crippen molar-refractivity contribution in [1.82, 2.24) is 0 Å². The topological polar surface area (TPSA) is 0 Å². The highest BCUT2D eigenvalue weighted by molar-refractivity contribution is 6.21. The molecule has 0 nitrogen and oxygen atoms in total. The Labute approximate surface area is 110 Å². The Balaban J connectivity index is 2.12. The first-order valence-electron chi connectivity index (χ1n) is 6.71. The van der Waals surface area contributed by atoms with Gasteiger partial charge in [-0.3, -0.25) is 0 Å². The monoisotopic (exact) mass is 250 g/mol. The number of hydrogen-bond donors (Lipinski definition) is 0. The SMILES string of the molecule is Cc1ccc(C)c(CC(Cl)C2(C)CCCC2)c1. The average molecular weight is 251 g/mol. The summed E-state index contributed by atoms with van der Waals surface area (Å²) < 4.78 is 0. The zero-order chi connectivity index (χ0) is 12.5. The van der Waals surface area contributed by atoms with Crippen LogP contribution < -0.4 is 0 Å². The van der Waals surface area contributed by atoms with Crippen molar-refractivity contribution in [2.45, 2.75) is 58.3 Å². The first-order valence-corrected chi connectivity index (χ1v) is 7.15. The van der Waals surface area contributed by atoms with Crippen LogP contribution in [0.2, 0.25) is 0 Å². The molecule has 0 N–H and O–H groups in total. The minimum absolute atomic E-state index is 0.283. The second-order valence-electron chi connectivity index (χ2n) is 5.96. The lowest BCUT2D eigenvalue weighted by atomic mass is 9.81. The van der Waals surface area contributed by atoms with Crippen LogP contribution in [-0.4, -0.2) is 5.38 Å². The van der Waals surface area contributed by atoms with Gasteiger partial charge in [0.15, 0.2) is 0 Å². The Morgan fingerprint density at radius 2 is 1.88 bits per heavy atom. The van der Waals surface area contributed by atoms with Gasteiger partial charge in [0.2, 0.25) is 0 Å². The fourth-order valence-electron chi connectivity index (χ4n) is 2.96. The van der Waals surface area contributed by atoms with E-state index in [-0.39, 0.29) is 5.38 Å². The fourth-order valence-corrected chi connectivity index (χ4v) is 3.34. The van der Waals surface area contributed by atoms with Crippen LogP contribution in [0.4, 0.5) is 0 Å². The lowest BCUT2D eigenvalue weighted by Crippen LogP contribution is -2.27. The van der Waals surface area contributed by atoms with Gasteiger partial charge < -0.3 is 0 Å². The Hall–Kier alpha value is -0.490. The summed E-state index contributed by atoms with van der Waals surface area (Å²) in [6.07, 6.45) is 6.32. The van der Waals surface area contributed by atoms with E-state index in [9.17, 15) is 0 Å². The zero-order valence-corrected chi connectivity index (χ0v) is 12.0. The van der Waals surface area contributed by atoms with E-state index < -0.39 is 0 Å². The summed E-state index contributed by atoms with van der Waals surface area (Å²) in [5.74, 6) is 0. The highest BCUT2D eigenvalue weighted by Gasteiger charge is 2.35. The second kappa shape index (κ2) is 5.02. The normalized spacial score (nSPS) is 20.5. The molecular weight excluding hydrogens is 228 g/mol. The average Bonchev–Trinajstić information content (AvgIpc) is 2.72. The summed E-state index contributed by atoms with van der Waals surface area (Å²) in [4.78, 5) is 0. The minimum atomic E-state index is 0.283. The molecule has 2 rings (SSSR count). The van der Waals surface area contributed by atoms with Crippen LogP contribution in [0.15, 0.2) is 18.2 Å². The number of rotatable bonds is 3. The number of aryl methyl sites for hydroxylation is 2. The van der Waals surface area contributed by atoms with Crippen molar-refractivity contribution in [1.29, 1.82) is 0 Å². The van der Waals surface area contributed by atoms with Crippen molar-refractivity contribution >= 4 is 11.6 Å². The summed E-state index contributed by atoms with van der Waals surface area (Å²) in [6.45, 7) is 6.71. The van der Waals surface area contributed by atoms with Gasteiger partial charge in [-0.2, -0.15) is 0 Å². The molecule has 1 aromatic rings. The highest BCUT2D eigenvalue weighted by Crippen LogP contribution is 2.44. The van der Waals surface area contributed by atoms with Gasteiger partial charge in [0.25, 0.3) is 0 Å². The van der Waals surface area contributed by atoms with Gasteiger partial charge in [-0.15, -0.1) is 11.6 Å². The predicted molar refractivity (Wildman–Crippen MR) is 75.8 cm³/mol. The fraction of sp³-hybridized carbons (Fsp3) is 0.625. The molecule has 0 spiro atoms. The van der Waals surface area contributed by atoms with E-state index >= 15 is 0 Å². The second-order valence-corrected chi connectivity index (χ2v) is 6.49. The van der Waals surface area contributed by atoms with Gasteiger partial charge >= 0.3 is 0 Å². The molecule has 0 amide bonds. The number of halogens is 1. The molecule has 0 bridgehead atoms. The van der Waals surface area contributed by atoms with E-state index in [1.54, 1.807) is 0 Å². The molecule has 0 aliphatic heterocycles. The van der Waals surface area contributed by atoms with Crippen LogP contribution in [-0.2, 0) is 6.42 Å². The van der Waals surface area contributed by atoms with Gasteiger partial charge in [0.05, 0.1) is 0 Å². The van der Waals surface area contributed by atoms with Crippen LogP contribution in [0.1, 0.15) is 49.3 Å².